The highest BCUT2D eigenvalue weighted by Crippen LogP contribution is 2.27. The smallest absolute Gasteiger partial charge is 0.257 e. The van der Waals surface area contributed by atoms with Crippen molar-refractivity contribution < 1.29 is 9.53 Å². The molecule has 3 nitrogen and oxygen atoms in total. The number of carbonyl (C=O) groups excluding carboxylic acids is 1. The van der Waals surface area contributed by atoms with E-state index in [-0.39, 0.29) is 12.5 Å². The molecule has 0 aliphatic heterocycles. The Balaban J connectivity index is 1.52. The van der Waals surface area contributed by atoms with Gasteiger partial charge in [-0.2, -0.15) is 0 Å². The van der Waals surface area contributed by atoms with E-state index in [1.807, 2.05) is 24.3 Å². The fourth-order valence-electron chi connectivity index (χ4n) is 2.27. The fourth-order valence-corrected chi connectivity index (χ4v) is 2.27. The van der Waals surface area contributed by atoms with Gasteiger partial charge in [-0.15, -0.1) is 0 Å². The molecule has 3 heteroatoms. The van der Waals surface area contributed by atoms with Gasteiger partial charge in [0.15, 0.2) is 6.61 Å². The third-order valence-corrected chi connectivity index (χ3v) is 3.89. The molecule has 1 saturated carbocycles. The van der Waals surface area contributed by atoms with Crippen molar-refractivity contribution in [3.63, 3.8) is 0 Å². The average Bonchev–Trinajstić information content (AvgIpc) is 3.37. The number of rotatable bonds is 6. The van der Waals surface area contributed by atoms with Crippen molar-refractivity contribution in [3.8, 4) is 16.9 Å². The number of hydrogen-bond acceptors (Lipinski definition) is 2. The zero-order valence-corrected chi connectivity index (χ0v) is 12.8. The normalized spacial score (nSPS) is 13.7. The van der Waals surface area contributed by atoms with E-state index in [2.05, 4.69) is 36.5 Å². The lowest BCUT2D eigenvalue weighted by Gasteiger charge is -2.08. The van der Waals surface area contributed by atoms with Crippen molar-refractivity contribution in [1.82, 2.24) is 5.32 Å². The number of ether oxygens (including phenoxy) is 1. The fraction of sp³-hybridized carbons (Fsp3) is 0.316. The number of hydrogen-bond donors (Lipinski definition) is 1. The molecule has 0 saturated heterocycles. The summed E-state index contributed by atoms with van der Waals surface area (Å²) >= 11 is 0. The molecule has 22 heavy (non-hydrogen) atoms. The van der Waals surface area contributed by atoms with Crippen molar-refractivity contribution in [3.05, 3.63) is 54.1 Å². The second-order valence-corrected chi connectivity index (χ2v) is 5.93. The minimum Gasteiger partial charge on any atom is -0.484 e. The molecule has 2 aromatic carbocycles. The molecule has 114 valence electrons. The van der Waals surface area contributed by atoms with Gasteiger partial charge in [0.05, 0.1) is 0 Å². The first-order valence-electron chi connectivity index (χ1n) is 7.77. The molecule has 1 aliphatic rings. The van der Waals surface area contributed by atoms with Crippen molar-refractivity contribution >= 4 is 5.91 Å². The van der Waals surface area contributed by atoms with Crippen molar-refractivity contribution in [2.75, 3.05) is 13.2 Å². The van der Waals surface area contributed by atoms with Crippen LogP contribution in [0.1, 0.15) is 18.4 Å². The van der Waals surface area contributed by atoms with Crippen molar-refractivity contribution in [2.45, 2.75) is 19.8 Å². The Labute approximate surface area is 131 Å². The van der Waals surface area contributed by atoms with Crippen LogP contribution < -0.4 is 10.1 Å². The van der Waals surface area contributed by atoms with Gasteiger partial charge in [-0.25, -0.2) is 0 Å². The second-order valence-electron chi connectivity index (χ2n) is 5.93. The van der Waals surface area contributed by atoms with Crippen LogP contribution in [-0.2, 0) is 4.79 Å². The molecule has 0 radical (unpaired) electrons. The van der Waals surface area contributed by atoms with Crippen LogP contribution in [0.2, 0.25) is 0 Å². The maximum atomic E-state index is 11.6. The Bertz CT molecular complexity index is 627. The van der Waals surface area contributed by atoms with Crippen LogP contribution >= 0.6 is 0 Å². The van der Waals surface area contributed by atoms with E-state index >= 15 is 0 Å². The Hall–Kier alpha value is -2.29. The topological polar surface area (TPSA) is 38.3 Å². The number of carbonyl (C=O) groups is 1. The van der Waals surface area contributed by atoms with Crippen LogP contribution in [0.25, 0.3) is 11.1 Å². The van der Waals surface area contributed by atoms with Crippen molar-refractivity contribution in [2.24, 2.45) is 5.92 Å². The number of amides is 1. The van der Waals surface area contributed by atoms with Crippen LogP contribution in [0, 0.1) is 12.8 Å². The summed E-state index contributed by atoms with van der Waals surface area (Å²) < 4.78 is 5.52. The first-order chi connectivity index (χ1) is 10.7. The molecule has 0 unspecified atom stereocenters. The SMILES string of the molecule is Cc1ccc(-c2ccc(OCC(=O)NCC3CC3)cc2)cc1. The predicted octanol–water partition coefficient (Wildman–Crippen LogP) is 3.57. The molecule has 2 aromatic rings. The molecule has 0 spiro atoms. The van der Waals surface area contributed by atoms with Gasteiger partial charge in [0.25, 0.3) is 5.91 Å². The highest BCUT2D eigenvalue weighted by molar-refractivity contribution is 5.77. The van der Waals surface area contributed by atoms with Crippen LogP contribution in [0.4, 0.5) is 0 Å². The van der Waals surface area contributed by atoms with Crippen LogP contribution in [0.15, 0.2) is 48.5 Å². The molecule has 0 aromatic heterocycles. The molecule has 0 atom stereocenters. The quantitative estimate of drug-likeness (QED) is 0.885. The molecule has 1 amide bonds. The van der Waals surface area contributed by atoms with Gasteiger partial charge in [0.2, 0.25) is 0 Å². The molecule has 3 rings (SSSR count). The van der Waals surface area contributed by atoms with E-state index in [9.17, 15) is 4.79 Å². The van der Waals surface area contributed by atoms with E-state index in [4.69, 9.17) is 4.74 Å². The molecule has 1 aliphatic carbocycles. The number of aryl methyl sites for hydroxylation is 1. The minimum absolute atomic E-state index is 0.0467. The van der Waals surface area contributed by atoms with E-state index in [0.717, 1.165) is 17.9 Å². The van der Waals surface area contributed by atoms with Gasteiger partial charge in [-0.3, -0.25) is 4.79 Å². The lowest BCUT2D eigenvalue weighted by Crippen LogP contribution is -2.30. The highest BCUT2D eigenvalue weighted by Gasteiger charge is 2.21. The molecule has 0 heterocycles. The van der Waals surface area contributed by atoms with Gasteiger partial charge in [-0.1, -0.05) is 42.0 Å². The summed E-state index contributed by atoms with van der Waals surface area (Å²) in [5.41, 5.74) is 3.57. The summed E-state index contributed by atoms with van der Waals surface area (Å²) in [7, 11) is 0. The minimum atomic E-state index is -0.0467. The average molecular weight is 295 g/mol. The predicted molar refractivity (Wildman–Crippen MR) is 87.8 cm³/mol. The third-order valence-electron chi connectivity index (χ3n) is 3.89. The van der Waals surface area contributed by atoms with Gasteiger partial charge >= 0.3 is 0 Å². The monoisotopic (exact) mass is 295 g/mol. The summed E-state index contributed by atoms with van der Waals surface area (Å²) in [6.45, 7) is 2.94. The lowest BCUT2D eigenvalue weighted by atomic mass is 10.0. The van der Waals surface area contributed by atoms with E-state index in [1.54, 1.807) is 0 Å². The summed E-state index contributed by atoms with van der Waals surface area (Å²) in [6.07, 6.45) is 2.48. The number of benzene rings is 2. The molecule has 1 N–H and O–H groups in total. The summed E-state index contributed by atoms with van der Waals surface area (Å²) in [6, 6.07) is 16.3. The van der Waals surface area contributed by atoms with Crippen molar-refractivity contribution in [1.29, 1.82) is 0 Å². The van der Waals surface area contributed by atoms with Crippen LogP contribution in [0.5, 0.6) is 5.75 Å². The van der Waals surface area contributed by atoms with Gasteiger partial charge in [-0.05, 0) is 48.9 Å². The largest absolute Gasteiger partial charge is 0.484 e. The van der Waals surface area contributed by atoms with E-state index in [1.165, 1.54) is 24.0 Å². The standard InChI is InChI=1S/C19H21NO2/c1-14-2-6-16(7-3-14)17-8-10-18(11-9-17)22-13-19(21)20-12-15-4-5-15/h2-3,6-11,15H,4-5,12-13H2,1H3,(H,20,21). The maximum Gasteiger partial charge on any atom is 0.257 e. The maximum absolute atomic E-state index is 11.6. The van der Waals surface area contributed by atoms with Gasteiger partial charge in [0, 0.05) is 6.54 Å². The Morgan fingerprint density at radius 3 is 2.23 bits per heavy atom. The number of nitrogens with one attached hydrogen (secondary N) is 1. The third kappa shape index (κ3) is 4.10. The molecule has 0 bridgehead atoms. The zero-order valence-electron chi connectivity index (χ0n) is 12.8. The van der Waals surface area contributed by atoms with Gasteiger partial charge in [0.1, 0.15) is 5.75 Å². The molecule has 1 fully saturated rings. The molecular weight excluding hydrogens is 274 g/mol. The molecular formula is C19H21NO2. The lowest BCUT2D eigenvalue weighted by molar-refractivity contribution is -0.123. The van der Waals surface area contributed by atoms with Crippen LogP contribution in [0.3, 0.4) is 0 Å². The summed E-state index contributed by atoms with van der Waals surface area (Å²) in [5.74, 6) is 1.37. The Morgan fingerprint density at radius 2 is 1.64 bits per heavy atom. The van der Waals surface area contributed by atoms with E-state index in [0.29, 0.717) is 5.92 Å². The van der Waals surface area contributed by atoms with Crippen LogP contribution in [-0.4, -0.2) is 19.1 Å². The summed E-state index contributed by atoms with van der Waals surface area (Å²) in [5, 5.41) is 2.89. The zero-order chi connectivity index (χ0) is 15.4. The van der Waals surface area contributed by atoms with Gasteiger partial charge < -0.3 is 10.1 Å². The Kier molecular flexibility index (Phi) is 4.42. The van der Waals surface area contributed by atoms with E-state index < -0.39 is 0 Å². The second kappa shape index (κ2) is 6.65. The first-order valence-corrected chi connectivity index (χ1v) is 7.77. The Morgan fingerprint density at radius 1 is 1.05 bits per heavy atom. The highest BCUT2D eigenvalue weighted by atomic mass is 16.5. The first kappa shape index (κ1) is 14.6. The summed E-state index contributed by atoms with van der Waals surface area (Å²) in [4.78, 5) is 11.6.